The molecule has 0 radical (unpaired) electrons. The van der Waals surface area contributed by atoms with Gasteiger partial charge in [-0.15, -0.1) is 0 Å². The summed E-state index contributed by atoms with van der Waals surface area (Å²) in [5.74, 6) is -4.09. The molecular formula is C22H17F5N6O3. The van der Waals surface area contributed by atoms with Crippen LogP contribution >= 0.6 is 0 Å². The number of Topliss-reactive ketones (excluding diaryl/α,β-unsaturated/α-hetero) is 1. The average Bonchev–Trinajstić information content (AvgIpc) is 3.49. The Morgan fingerprint density at radius 3 is 2.53 bits per heavy atom. The van der Waals surface area contributed by atoms with Crippen LogP contribution in [-0.2, 0) is 11.3 Å². The lowest BCUT2D eigenvalue weighted by Gasteiger charge is -2.28. The molecular weight excluding hydrogens is 491 g/mol. The minimum atomic E-state index is -5.31. The molecule has 9 nitrogen and oxygen atoms in total. The molecule has 0 saturated carbocycles. The maximum Gasteiger partial charge on any atom is 0.426 e. The zero-order valence-electron chi connectivity index (χ0n) is 18.4. The van der Waals surface area contributed by atoms with Crippen molar-refractivity contribution in [2.75, 3.05) is 11.9 Å². The van der Waals surface area contributed by atoms with Gasteiger partial charge in [0.25, 0.3) is 0 Å². The average molecular weight is 508 g/mol. The lowest BCUT2D eigenvalue weighted by atomic mass is 9.99. The van der Waals surface area contributed by atoms with Crippen molar-refractivity contribution in [1.82, 2.24) is 24.9 Å². The highest BCUT2D eigenvalue weighted by Gasteiger charge is 2.57. The third kappa shape index (κ3) is 4.79. The molecule has 14 heteroatoms. The maximum atomic E-state index is 14.3. The number of benzene rings is 1. The second kappa shape index (κ2) is 9.45. The molecule has 36 heavy (non-hydrogen) atoms. The van der Waals surface area contributed by atoms with E-state index in [0.29, 0.717) is 30.1 Å². The summed E-state index contributed by atoms with van der Waals surface area (Å²) in [7, 11) is 0. The molecule has 0 spiro atoms. The van der Waals surface area contributed by atoms with Crippen LogP contribution in [0.5, 0.6) is 0 Å². The van der Waals surface area contributed by atoms with E-state index in [4.69, 9.17) is 4.52 Å². The number of hydrogen-bond donors (Lipinski definition) is 2. The minimum absolute atomic E-state index is 0.0294. The van der Waals surface area contributed by atoms with Crippen molar-refractivity contribution in [2.24, 2.45) is 0 Å². The number of alkyl halides is 3. The third-order valence-electron chi connectivity index (χ3n) is 5.29. The van der Waals surface area contributed by atoms with Crippen LogP contribution in [0.1, 0.15) is 12.5 Å². The maximum absolute atomic E-state index is 14.3. The molecule has 0 amide bonds. The molecule has 1 atom stereocenters. The number of nitrogens with zero attached hydrogens (tertiary/aromatic N) is 5. The van der Waals surface area contributed by atoms with E-state index in [2.05, 4.69) is 20.2 Å². The first-order valence-electron chi connectivity index (χ1n) is 10.3. The molecule has 4 rings (SSSR count). The summed E-state index contributed by atoms with van der Waals surface area (Å²) in [6, 6.07) is 8.98. The third-order valence-corrected chi connectivity index (χ3v) is 5.29. The lowest BCUT2D eigenvalue weighted by molar-refractivity contribution is -0.244. The fraction of sp³-hybridized carbons (Fsp3) is 0.227. The van der Waals surface area contributed by atoms with E-state index >= 15 is 0 Å². The Morgan fingerprint density at radius 2 is 1.89 bits per heavy atom. The zero-order chi connectivity index (χ0) is 26.1. The van der Waals surface area contributed by atoms with Crippen molar-refractivity contribution in [2.45, 2.75) is 25.2 Å². The molecule has 0 bridgehead atoms. The fourth-order valence-corrected chi connectivity index (χ4v) is 3.24. The molecule has 0 aliphatic heterocycles. The summed E-state index contributed by atoms with van der Waals surface area (Å²) in [6.07, 6.45) is -3.31. The smallest absolute Gasteiger partial charge is 0.373 e. The number of nitrogens with one attached hydrogen (secondary N) is 1. The Labute approximate surface area is 199 Å². The first-order chi connectivity index (χ1) is 17.0. The van der Waals surface area contributed by atoms with E-state index in [-0.39, 0.29) is 18.1 Å². The van der Waals surface area contributed by atoms with Gasteiger partial charge >= 0.3 is 6.18 Å². The van der Waals surface area contributed by atoms with Gasteiger partial charge in [-0.3, -0.25) is 9.48 Å². The second-order valence-electron chi connectivity index (χ2n) is 7.71. The summed E-state index contributed by atoms with van der Waals surface area (Å²) >= 11 is 0. The van der Waals surface area contributed by atoms with Crippen molar-refractivity contribution in [1.29, 1.82) is 0 Å². The van der Waals surface area contributed by atoms with E-state index in [1.54, 1.807) is 12.1 Å². The fourth-order valence-electron chi connectivity index (χ4n) is 3.24. The number of aliphatic hydroxyl groups is 1. The lowest BCUT2D eigenvalue weighted by Crippen LogP contribution is -2.56. The Kier molecular flexibility index (Phi) is 6.54. The van der Waals surface area contributed by atoms with Gasteiger partial charge < -0.3 is 14.9 Å². The number of carbonyl (C=O) groups excluding carboxylic acids is 1. The minimum Gasteiger partial charge on any atom is -0.373 e. The van der Waals surface area contributed by atoms with Gasteiger partial charge in [0.1, 0.15) is 23.5 Å². The molecule has 0 fully saturated rings. The van der Waals surface area contributed by atoms with Crippen LogP contribution in [0.2, 0.25) is 0 Å². The van der Waals surface area contributed by atoms with E-state index in [1.165, 1.54) is 35.2 Å². The first-order valence-corrected chi connectivity index (χ1v) is 10.3. The molecule has 3 heterocycles. The molecule has 0 aliphatic carbocycles. The first kappa shape index (κ1) is 24.9. The molecule has 4 aromatic rings. The summed E-state index contributed by atoms with van der Waals surface area (Å²) in [6.45, 7) is -0.853. The van der Waals surface area contributed by atoms with Crippen LogP contribution in [0.15, 0.2) is 53.4 Å². The van der Waals surface area contributed by atoms with Gasteiger partial charge in [-0.2, -0.15) is 18.3 Å². The molecule has 0 aliphatic rings. The van der Waals surface area contributed by atoms with E-state index in [0.717, 1.165) is 0 Å². The Hall–Kier alpha value is -4.20. The van der Waals surface area contributed by atoms with Crippen LogP contribution in [-0.4, -0.2) is 54.1 Å². The Morgan fingerprint density at radius 1 is 1.14 bits per heavy atom. The highest BCUT2D eigenvalue weighted by Crippen LogP contribution is 2.32. The van der Waals surface area contributed by atoms with Gasteiger partial charge in [-0.25, -0.2) is 18.7 Å². The Balaban J connectivity index is 1.69. The molecule has 1 aromatic carbocycles. The Bertz CT molecular complexity index is 1390. The number of ketones is 1. The van der Waals surface area contributed by atoms with E-state index in [1.807, 2.05) is 5.32 Å². The molecule has 0 saturated heterocycles. The van der Waals surface area contributed by atoms with Gasteiger partial charge in [0.15, 0.2) is 23.2 Å². The summed E-state index contributed by atoms with van der Waals surface area (Å²) in [4.78, 5) is 19.1. The van der Waals surface area contributed by atoms with Crippen LogP contribution < -0.4 is 5.32 Å². The summed E-state index contributed by atoms with van der Waals surface area (Å²) in [5, 5.41) is 20.0. The van der Waals surface area contributed by atoms with Crippen molar-refractivity contribution >= 4 is 11.6 Å². The number of aromatic nitrogens is 5. The van der Waals surface area contributed by atoms with Gasteiger partial charge in [0.05, 0.1) is 25.0 Å². The normalized spacial score (nSPS) is 13.4. The van der Waals surface area contributed by atoms with E-state index in [9.17, 15) is 31.9 Å². The van der Waals surface area contributed by atoms with Crippen molar-refractivity contribution in [3.8, 4) is 22.9 Å². The van der Waals surface area contributed by atoms with Crippen molar-refractivity contribution < 1.29 is 36.4 Å². The second-order valence-corrected chi connectivity index (χ2v) is 7.71. The van der Waals surface area contributed by atoms with Gasteiger partial charge in [-0.05, 0) is 19.1 Å². The van der Waals surface area contributed by atoms with Gasteiger partial charge in [0.2, 0.25) is 5.60 Å². The summed E-state index contributed by atoms with van der Waals surface area (Å²) < 4.78 is 74.3. The van der Waals surface area contributed by atoms with Gasteiger partial charge in [-0.1, -0.05) is 23.4 Å². The van der Waals surface area contributed by atoms with Crippen molar-refractivity contribution in [3.63, 3.8) is 0 Å². The van der Waals surface area contributed by atoms with Crippen LogP contribution in [0.4, 0.5) is 27.8 Å². The zero-order valence-corrected chi connectivity index (χ0v) is 18.4. The monoisotopic (exact) mass is 508 g/mol. The predicted octanol–water partition coefficient (Wildman–Crippen LogP) is 3.62. The standard InChI is InChI=1S/C22H17F5N6O3/c1-12(34)21(35,22(25,26)27)11-29-19-15(24)9-28-20(30-19)17-8-18(16-6-7-36-32-16)33(31-17)10-13-4-2-3-5-14(13)23/h2-9,35H,10-11H2,1H3,(H,28,29,30)/t21-/m1/s1. The SMILES string of the molecule is CC(=O)[C@](O)(CNc1nc(-c2cc(-c3ccon3)n(Cc3ccccc3F)n2)ncc1F)C(F)(F)F. The predicted molar refractivity (Wildman–Crippen MR) is 114 cm³/mol. The molecule has 188 valence electrons. The number of anilines is 1. The van der Waals surface area contributed by atoms with Gasteiger partial charge in [0, 0.05) is 11.6 Å². The highest BCUT2D eigenvalue weighted by atomic mass is 19.4. The van der Waals surface area contributed by atoms with Crippen molar-refractivity contribution in [3.05, 3.63) is 66.1 Å². The topological polar surface area (TPSA) is 119 Å². The highest BCUT2D eigenvalue weighted by molar-refractivity contribution is 5.86. The van der Waals surface area contributed by atoms with Crippen LogP contribution in [0.25, 0.3) is 22.9 Å². The number of halogens is 5. The van der Waals surface area contributed by atoms with E-state index < -0.39 is 41.6 Å². The largest absolute Gasteiger partial charge is 0.426 e. The summed E-state index contributed by atoms with van der Waals surface area (Å²) in [5.41, 5.74) is -2.69. The quantitative estimate of drug-likeness (QED) is 0.347. The number of hydrogen-bond acceptors (Lipinski definition) is 8. The molecule has 3 aromatic heterocycles. The number of carbonyl (C=O) groups is 1. The van der Waals surface area contributed by atoms with Crippen LogP contribution in [0.3, 0.4) is 0 Å². The molecule has 0 unspecified atom stereocenters. The van der Waals surface area contributed by atoms with Crippen LogP contribution in [0, 0.1) is 11.6 Å². The molecule has 2 N–H and O–H groups in total. The number of rotatable bonds is 8.